The molecule has 0 aliphatic rings. The molecule has 0 aliphatic carbocycles. The largest absolute Gasteiger partial charge is 0.496 e. The van der Waals surface area contributed by atoms with Gasteiger partial charge in [0.2, 0.25) is 0 Å². The van der Waals surface area contributed by atoms with Crippen molar-refractivity contribution < 1.29 is 4.74 Å². The molecule has 0 bridgehead atoms. The maximum absolute atomic E-state index is 5.57. The first-order valence-electron chi connectivity index (χ1n) is 8.67. The average Bonchev–Trinajstić information content (AvgIpc) is 3.07. The van der Waals surface area contributed by atoms with Gasteiger partial charge in [-0.05, 0) is 36.2 Å². The SMILES string of the molecule is COc1ccccc1-c1nc2c(C)cccn2c1NCc1ccccc1. The second-order valence-corrected chi connectivity index (χ2v) is 6.23. The summed E-state index contributed by atoms with van der Waals surface area (Å²) in [6.07, 6.45) is 2.04. The number of benzene rings is 2. The van der Waals surface area contributed by atoms with E-state index in [2.05, 4.69) is 47.0 Å². The van der Waals surface area contributed by atoms with Crippen molar-refractivity contribution in [1.82, 2.24) is 9.38 Å². The molecule has 0 saturated carbocycles. The minimum absolute atomic E-state index is 0.727. The van der Waals surface area contributed by atoms with Gasteiger partial charge in [-0.3, -0.25) is 4.40 Å². The van der Waals surface area contributed by atoms with E-state index in [-0.39, 0.29) is 0 Å². The third kappa shape index (κ3) is 2.90. The summed E-state index contributed by atoms with van der Waals surface area (Å²) in [6.45, 7) is 2.81. The fraction of sp³-hybridized carbons (Fsp3) is 0.136. The summed E-state index contributed by atoms with van der Waals surface area (Å²) in [4.78, 5) is 4.92. The molecule has 4 heteroatoms. The Balaban J connectivity index is 1.85. The number of hydrogen-bond donors (Lipinski definition) is 1. The first-order chi connectivity index (χ1) is 12.8. The van der Waals surface area contributed by atoms with Crippen LogP contribution >= 0.6 is 0 Å². The van der Waals surface area contributed by atoms with Gasteiger partial charge in [-0.15, -0.1) is 0 Å². The van der Waals surface area contributed by atoms with Crippen LogP contribution < -0.4 is 10.1 Å². The standard InChI is InChI=1S/C22H21N3O/c1-16-9-8-14-25-21(16)24-20(18-12-6-7-13-19(18)26-2)22(25)23-15-17-10-4-3-5-11-17/h3-14,23H,15H2,1-2H3. The molecule has 4 rings (SSSR count). The van der Waals surface area contributed by atoms with Crippen LogP contribution in [0.3, 0.4) is 0 Å². The molecule has 0 radical (unpaired) electrons. The maximum atomic E-state index is 5.57. The number of pyridine rings is 1. The molecular formula is C22H21N3O. The average molecular weight is 343 g/mol. The minimum Gasteiger partial charge on any atom is -0.496 e. The number of nitrogens with zero attached hydrogens (tertiary/aromatic N) is 2. The number of aryl methyl sites for hydroxylation is 1. The van der Waals surface area contributed by atoms with Crippen LogP contribution in [0.25, 0.3) is 16.9 Å². The van der Waals surface area contributed by atoms with E-state index in [9.17, 15) is 0 Å². The van der Waals surface area contributed by atoms with Crippen LogP contribution in [-0.2, 0) is 6.54 Å². The van der Waals surface area contributed by atoms with Crippen LogP contribution in [0.5, 0.6) is 5.75 Å². The summed E-state index contributed by atoms with van der Waals surface area (Å²) in [5.74, 6) is 1.79. The number of imidazole rings is 1. The summed E-state index contributed by atoms with van der Waals surface area (Å²) in [6, 6.07) is 22.5. The van der Waals surface area contributed by atoms with Crippen LogP contribution in [0, 0.1) is 6.92 Å². The Bertz CT molecular complexity index is 1040. The Morgan fingerprint density at radius 1 is 0.962 bits per heavy atom. The van der Waals surface area contributed by atoms with Crippen molar-refractivity contribution in [2.75, 3.05) is 12.4 Å². The van der Waals surface area contributed by atoms with Crippen LogP contribution in [0.1, 0.15) is 11.1 Å². The molecular weight excluding hydrogens is 322 g/mol. The summed E-state index contributed by atoms with van der Waals surface area (Å²) < 4.78 is 7.68. The molecule has 1 N–H and O–H groups in total. The van der Waals surface area contributed by atoms with Gasteiger partial charge in [0.05, 0.1) is 7.11 Å². The van der Waals surface area contributed by atoms with Gasteiger partial charge in [-0.25, -0.2) is 4.98 Å². The smallest absolute Gasteiger partial charge is 0.142 e. The number of anilines is 1. The van der Waals surface area contributed by atoms with E-state index in [0.717, 1.165) is 40.6 Å². The van der Waals surface area contributed by atoms with E-state index in [1.165, 1.54) is 5.56 Å². The normalized spacial score (nSPS) is 10.8. The molecule has 0 saturated heterocycles. The lowest BCUT2D eigenvalue weighted by atomic mass is 10.1. The highest BCUT2D eigenvalue weighted by Gasteiger charge is 2.18. The first-order valence-corrected chi connectivity index (χ1v) is 8.67. The third-order valence-electron chi connectivity index (χ3n) is 4.51. The molecule has 2 aromatic carbocycles. The van der Waals surface area contributed by atoms with Crippen molar-refractivity contribution in [3.8, 4) is 17.0 Å². The van der Waals surface area contributed by atoms with E-state index >= 15 is 0 Å². The van der Waals surface area contributed by atoms with Gasteiger partial charge in [0.1, 0.15) is 22.9 Å². The number of methoxy groups -OCH3 is 1. The van der Waals surface area contributed by atoms with Crippen LogP contribution in [0.2, 0.25) is 0 Å². The summed E-state index contributed by atoms with van der Waals surface area (Å²) in [5.41, 5.74) is 5.18. The Hall–Kier alpha value is -3.27. The molecule has 0 amide bonds. The van der Waals surface area contributed by atoms with Crippen molar-refractivity contribution in [2.24, 2.45) is 0 Å². The number of para-hydroxylation sites is 1. The molecule has 0 spiro atoms. The van der Waals surface area contributed by atoms with Crippen LogP contribution in [0.15, 0.2) is 72.9 Å². The summed E-state index contributed by atoms with van der Waals surface area (Å²) >= 11 is 0. The van der Waals surface area contributed by atoms with Gasteiger partial charge in [0, 0.05) is 18.3 Å². The quantitative estimate of drug-likeness (QED) is 0.558. The lowest BCUT2D eigenvalue weighted by Crippen LogP contribution is -2.03. The van der Waals surface area contributed by atoms with Gasteiger partial charge >= 0.3 is 0 Å². The second kappa shape index (κ2) is 6.92. The van der Waals surface area contributed by atoms with E-state index in [0.29, 0.717) is 0 Å². The van der Waals surface area contributed by atoms with Crippen molar-refractivity contribution in [1.29, 1.82) is 0 Å². The number of hydrogen-bond acceptors (Lipinski definition) is 3. The predicted octanol–water partition coefficient (Wildman–Crippen LogP) is 4.93. The van der Waals surface area contributed by atoms with Crippen LogP contribution in [0.4, 0.5) is 5.82 Å². The number of nitrogens with one attached hydrogen (secondary N) is 1. The van der Waals surface area contributed by atoms with Crippen molar-refractivity contribution >= 4 is 11.5 Å². The highest BCUT2D eigenvalue weighted by molar-refractivity contribution is 5.81. The number of fused-ring (bicyclic) bond motifs is 1. The Morgan fingerprint density at radius 2 is 1.73 bits per heavy atom. The van der Waals surface area contributed by atoms with Crippen molar-refractivity contribution in [3.05, 3.63) is 84.1 Å². The summed E-state index contributed by atoms with van der Waals surface area (Å²) in [5, 5.41) is 3.57. The zero-order valence-electron chi connectivity index (χ0n) is 14.9. The molecule has 0 atom stereocenters. The molecule has 2 aromatic heterocycles. The minimum atomic E-state index is 0.727. The van der Waals surface area contributed by atoms with Gasteiger partial charge in [-0.2, -0.15) is 0 Å². The number of rotatable bonds is 5. The highest BCUT2D eigenvalue weighted by Crippen LogP contribution is 2.35. The van der Waals surface area contributed by atoms with Gasteiger partial charge in [-0.1, -0.05) is 48.5 Å². The Morgan fingerprint density at radius 3 is 2.54 bits per heavy atom. The van der Waals surface area contributed by atoms with Crippen molar-refractivity contribution in [2.45, 2.75) is 13.5 Å². The predicted molar refractivity (Wildman–Crippen MR) is 106 cm³/mol. The molecule has 130 valence electrons. The molecule has 0 unspecified atom stereocenters. The third-order valence-corrected chi connectivity index (χ3v) is 4.51. The van der Waals surface area contributed by atoms with Crippen LogP contribution in [-0.4, -0.2) is 16.5 Å². The lowest BCUT2D eigenvalue weighted by Gasteiger charge is -2.11. The van der Waals surface area contributed by atoms with E-state index in [1.807, 2.05) is 42.6 Å². The highest BCUT2D eigenvalue weighted by atomic mass is 16.5. The monoisotopic (exact) mass is 343 g/mol. The molecule has 2 heterocycles. The first kappa shape index (κ1) is 16.2. The molecule has 0 fully saturated rings. The topological polar surface area (TPSA) is 38.6 Å². The fourth-order valence-corrected chi connectivity index (χ4v) is 3.18. The summed E-state index contributed by atoms with van der Waals surface area (Å²) in [7, 11) is 1.69. The molecule has 26 heavy (non-hydrogen) atoms. The fourth-order valence-electron chi connectivity index (χ4n) is 3.18. The Kier molecular flexibility index (Phi) is 4.32. The van der Waals surface area contributed by atoms with Gasteiger partial charge in [0.15, 0.2) is 0 Å². The Labute approximate surface area is 153 Å². The molecule has 4 nitrogen and oxygen atoms in total. The molecule has 0 aliphatic heterocycles. The van der Waals surface area contributed by atoms with Gasteiger partial charge < -0.3 is 10.1 Å². The number of ether oxygens (including phenoxy) is 1. The maximum Gasteiger partial charge on any atom is 0.142 e. The zero-order chi connectivity index (χ0) is 17.9. The van der Waals surface area contributed by atoms with Gasteiger partial charge in [0.25, 0.3) is 0 Å². The van der Waals surface area contributed by atoms with E-state index in [4.69, 9.17) is 9.72 Å². The lowest BCUT2D eigenvalue weighted by molar-refractivity contribution is 0.416. The number of aromatic nitrogens is 2. The van der Waals surface area contributed by atoms with E-state index in [1.54, 1.807) is 7.11 Å². The molecule has 4 aromatic rings. The second-order valence-electron chi connectivity index (χ2n) is 6.23. The zero-order valence-corrected chi connectivity index (χ0v) is 14.9. The van der Waals surface area contributed by atoms with Crippen molar-refractivity contribution in [3.63, 3.8) is 0 Å². The van der Waals surface area contributed by atoms with E-state index < -0.39 is 0 Å².